The van der Waals surface area contributed by atoms with Crippen molar-refractivity contribution in [3.05, 3.63) is 48.3 Å². The Labute approximate surface area is 111 Å². The number of benzene rings is 1. The molecule has 1 aromatic heterocycles. The SMILES string of the molecule is NS(=O)(=O)c1cccc(NCc2ccc(O)cn2)c1. The molecule has 19 heavy (non-hydrogen) atoms. The number of nitrogens with one attached hydrogen (secondary N) is 1. The van der Waals surface area contributed by atoms with E-state index < -0.39 is 10.0 Å². The number of primary sulfonamides is 1. The van der Waals surface area contributed by atoms with Gasteiger partial charge in [0, 0.05) is 5.69 Å². The quantitative estimate of drug-likeness (QED) is 0.775. The zero-order valence-electron chi connectivity index (χ0n) is 9.95. The molecule has 0 aliphatic rings. The summed E-state index contributed by atoms with van der Waals surface area (Å²) in [6, 6.07) is 9.42. The van der Waals surface area contributed by atoms with Crippen LogP contribution in [0.2, 0.25) is 0 Å². The Balaban J connectivity index is 2.10. The summed E-state index contributed by atoms with van der Waals surface area (Å²) in [5.41, 5.74) is 1.35. The highest BCUT2D eigenvalue weighted by Crippen LogP contribution is 2.15. The number of rotatable bonds is 4. The minimum Gasteiger partial charge on any atom is -0.506 e. The van der Waals surface area contributed by atoms with Gasteiger partial charge < -0.3 is 10.4 Å². The third-order valence-electron chi connectivity index (χ3n) is 2.45. The van der Waals surface area contributed by atoms with E-state index in [1.807, 2.05) is 0 Å². The molecule has 0 saturated heterocycles. The second-order valence-corrected chi connectivity index (χ2v) is 5.50. The van der Waals surface area contributed by atoms with Crippen molar-refractivity contribution in [1.82, 2.24) is 4.98 Å². The first kappa shape index (κ1) is 13.3. The molecule has 1 heterocycles. The molecule has 4 N–H and O–H groups in total. The van der Waals surface area contributed by atoms with Crippen LogP contribution in [0.4, 0.5) is 5.69 Å². The van der Waals surface area contributed by atoms with Gasteiger partial charge in [-0.3, -0.25) is 4.98 Å². The molecular weight excluding hydrogens is 266 g/mol. The smallest absolute Gasteiger partial charge is 0.238 e. The van der Waals surface area contributed by atoms with Gasteiger partial charge >= 0.3 is 0 Å². The average molecular weight is 279 g/mol. The van der Waals surface area contributed by atoms with E-state index in [9.17, 15) is 8.42 Å². The molecule has 2 aromatic rings. The number of nitrogens with two attached hydrogens (primary N) is 1. The minimum absolute atomic E-state index is 0.0520. The van der Waals surface area contributed by atoms with Crippen molar-refractivity contribution < 1.29 is 13.5 Å². The Hall–Kier alpha value is -2.12. The molecule has 0 atom stereocenters. The van der Waals surface area contributed by atoms with Crippen molar-refractivity contribution in [3.63, 3.8) is 0 Å². The molecule has 0 aliphatic carbocycles. The average Bonchev–Trinajstić information content (AvgIpc) is 2.37. The lowest BCUT2D eigenvalue weighted by Gasteiger charge is -2.07. The second-order valence-electron chi connectivity index (χ2n) is 3.93. The Bertz CT molecular complexity index is 669. The molecule has 7 heteroatoms. The van der Waals surface area contributed by atoms with Gasteiger partial charge in [-0.2, -0.15) is 0 Å². The highest BCUT2D eigenvalue weighted by molar-refractivity contribution is 7.89. The van der Waals surface area contributed by atoms with Crippen LogP contribution >= 0.6 is 0 Å². The molecule has 100 valence electrons. The van der Waals surface area contributed by atoms with Gasteiger partial charge in [-0.05, 0) is 30.3 Å². The lowest BCUT2D eigenvalue weighted by atomic mass is 10.3. The molecule has 0 fully saturated rings. The van der Waals surface area contributed by atoms with Gasteiger partial charge in [-0.1, -0.05) is 6.07 Å². The molecule has 0 spiro atoms. The number of pyridine rings is 1. The standard InChI is InChI=1S/C12H13N3O3S/c13-19(17,18)12-3-1-2-9(6-12)14-7-10-4-5-11(16)8-15-10/h1-6,8,14,16H,7H2,(H2,13,17,18). The first-order valence-corrected chi connectivity index (χ1v) is 7.00. The second kappa shape index (κ2) is 5.25. The Kier molecular flexibility index (Phi) is 3.68. The predicted octanol–water partition coefficient (Wildman–Crippen LogP) is 1.05. The highest BCUT2D eigenvalue weighted by atomic mass is 32.2. The molecular formula is C12H13N3O3S. The first-order valence-electron chi connectivity index (χ1n) is 5.46. The van der Waals surface area contributed by atoms with E-state index in [4.69, 9.17) is 10.2 Å². The van der Waals surface area contributed by atoms with Gasteiger partial charge in [0.25, 0.3) is 0 Å². The van der Waals surface area contributed by atoms with Gasteiger partial charge in [0.1, 0.15) is 5.75 Å². The Morgan fingerprint density at radius 3 is 2.68 bits per heavy atom. The fraction of sp³-hybridized carbons (Fsp3) is 0.0833. The molecule has 0 bridgehead atoms. The predicted molar refractivity (Wildman–Crippen MR) is 71.0 cm³/mol. The summed E-state index contributed by atoms with van der Waals surface area (Å²) in [6.07, 6.45) is 1.35. The maximum Gasteiger partial charge on any atom is 0.238 e. The summed E-state index contributed by atoms with van der Waals surface area (Å²) >= 11 is 0. The fourth-order valence-electron chi connectivity index (χ4n) is 1.50. The van der Waals surface area contributed by atoms with E-state index in [1.54, 1.807) is 18.2 Å². The monoisotopic (exact) mass is 279 g/mol. The summed E-state index contributed by atoms with van der Waals surface area (Å²) in [7, 11) is -3.70. The van der Waals surface area contributed by atoms with Crippen molar-refractivity contribution in [2.45, 2.75) is 11.4 Å². The third kappa shape index (κ3) is 3.67. The van der Waals surface area contributed by atoms with Crippen LogP contribution in [0.3, 0.4) is 0 Å². The van der Waals surface area contributed by atoms with E-state index in [0.717, 1.165) is 5.69 Å². The molecule has 6 nitrogen and oxygen atoms in total. The van der Waals surface area contributed by atoms with Gasteiger partial charge in [0.2, 0.25) is 10.0 Å². The van der Waals surface area contributed by atoms with Crippen molar-refractivity contribution in [3.8, 4) is 5.75 Å². The van der Waals surface area contributed by atoms with Crippen LogP contribution in [0, 0.1) is 0 Å². The van der Waals surface area contributed by atoms with E-state index in [-0.39, 0.29) is 10.6 Å². The van der Waals surface area contributed by atoms with Crippen LogP contribution in [0.15, 0.2) is 47.5 Å². The number of nitrogens with zero attached hydrogens (tertiary/aromatic N) is 1. The molecule has 0 radical (unpaired) electrons. The van der Waals surface area contributed by atoms with Gasteiger partial charge in [0.05, 0.1) is 23.3 Å². The van der Waals surface area contributed by atoms with Crippen molar-refractivity contribution >= 4 is 15.7 Å². The molecule has 0 saturated carbocycles. The van der Waals surface area contributed by atoms with E-state index in [1.165, 1.54) is 24.4 Å². The summed E-state index contributed by atoms with van der Waals surface area (Å²) < 4.78 is 22.4. The Morgan fingerprint density at radius 2 is 2.05 bits per heavy atom. The maximum atomic E-state index is 11.2. The topological polar surface area (TPSA) is 105 Å². The number of aromatic nitrogens is 1. The summed E-state index contributed by atoms with van der Waals surface area (Å²) in [6.45, 7) is 0.411. The number of anilines is 1. The van der Waals surface area contributed by atoms with Crippen molar-refractivity contribution in [2.24, 2.45) is 5.14 Å². The molecule has 0 amide bonds. The first-order chi connectivity index (χ1) is 8.95. The lowest BCUT2D eigenvalue weighted by Crippen LogP contribution is -2.12. The van der Waals surface area contributed by atoms with Crippen molar-refractivity contribution in [2.75, 3.05) is 5.32 Å². The molecule has 1 aromatic carbocycles. The van der Waals surface area contributed by atoms with Gasteiger partial charge in [-0.25, -0.2) is 13.6 Å². The lowest BCUT2D eigenvalue weighted by molar-refractivity contribution is 0.472. The summed E-state index contributed by atoms with van der Waals surface area (Å²) in [5.74, 6) is 0.0972. The highest BCUT2D eigenvalue weighted by Gasteiger charge is 2.07. The van der Waals surface area contributed by atoms with Crippen LogP contribution in [0.5, 0.6) is 5.75 Å². The van der Waals surface area contributed by atoms with E-state index >= 15 is 0 Å². The normalized spacial score (nSPS) is 11.2. The van der Waals surface area contributed by atoms with Crippen LogP contribution in [-0.4, -0.2) is 18.5 Å². The summed E-state index contributed by atoms with van der Waals surface area (Å²) in [4.78, 5) is 4.06. The number of sulfonamides is 1. The van der Waals surface area contributed by atoms with Crippen LogP contribution in [0.1, 0.15) is 5.69 Å². The maximum absolute atomic E-state index is 11.2. The number of aromatic hydroxyl groups is 1. The van der Waals surface area contributed by atoms with E-state index in [0.29, 0.717) is 12.2 Å². The number of hydrogen-bond acceptors (Lipinski definition) is 5. The molecule has 0 aliphatic heterocycles. The van der Waals surface area contributed by atoms with Gasteiger partial charge in [0.15, 0.2) is 0 Å². The molecule has 0 unspecified atom stereocenters. The zero-order chi connectivity index (χ0) is 13.9. The zero-order valence-corrected chi connectivity index (χ0v) is 10.8. The third-order valence-corrected chi connectivity index (χ3v) is 3.36. The Morgan fingerprint density at radius 1 is 1.26 bits per heavy atom. The summed E-state index contributed by atoms with van der Waals surface area (Å²) in [5, 5.41) is 17.2. The van der Waals surface area contributed by atoms with Crippen LogP contribution < -0.4 is 10.5 Å². The van der Waals surface area contributed by atoms with Gasteiger partial charge in [-0.15, -0.1) is 0 Å². The van der Waals surface area contributed by atoms with Crippen LogP contribution in [-0.2, 0) is 16.6 Å². The fourth-order valence-corrected chi connectivity index (χ4v) is 2.06. The minimum atomic E-state index is -3.70. The van der Waals surface area contributed by atoms with Crippen molar-refractivity contribution in [1.29, 1.82) is 0 Å². The molecule has 2 rings (SSSR count). The number of hydrogen-bond donors (Lipinski definition) is 3. The van der Waals surface area contributed by atoms with Crippen LogP contribution in [0.25, 0.3) is 0 Å². The van der Waals surface area contributed by atoms with E-state index in [2.05, 4.69) is 10.3 Å². The largest absolute Gasteiger partial charge is 0.506 e.